The Morgan fingerprint density at radius 1 is 1.48 bits per heavy atom. The number of carbonyl (C=O) groups excluding carboxylic acids is 2. The van der Waals surface area contributed by atoms with Crippen LogP contribution in [-0.2, 0) is 14.4 Å². The van der Waals surface area contributed by atoms with Gasteiger partial charge >= 0.3 is 5.97 Å². The van der Waals surface area contributed by atoms with Gasteiger partial charge in [-0.2, -0.15) is 0 Å². The molecule has 21 heavy (non-hydrogen) atoms. The Morgan fingerprint density at radius 3 is 2.76 bits per heavy atom. The summed E-state index contributed by atoms with van der Waals surface area (Å²) in [5, 5.41) is 9.09. The predicted molar refractivity (Wildman–Crippen MR) is 76.1 cm³/mol. The number of amides is 2. The summed E-state index contributed by atoms with van der Waals surface area (Å²) in [6.45, 7) is 0.629. The number of fused-ring (bicyclic) bond motifs is 1. The number of nitrogens with two attached hydrogens (primary N) is 1. The average Bonchev–Trinajstić information content (AvgIpc) is 2.77. The smallest absolute Gasteiger partial charge is 0.352 e. The number of thioether (sulfide) groups is 1. The van der Waals surface area contributed by atoms with Crippen LogP contribution in [0.15, 0.2) is 22.9 Å². The molecule has 0 aromatic rings. The summed E-state index contributed by atoms with van der Waals surface area (Å²) in [6, 6.07) is -0.641. The molecule has 3 aliphatic rings. The number of carbonyl (C=O) groups is 3. The number of likely N-dealkylation sites (N-methyl/N-ethyl adjacent to an activating group) is 1. The summed E-state index contributed by atoms with van der Waals surface area (Å²) in [5.74, 6) is -1.20. The van der Waals surface area contributed by atoms with Gasteiger partial charge in [0.2, 0.25) is 11.8 Å². The Labute approximate surface area is 125 Å². The second-order valence-electron chi connectivity index (χ2n) is 5.26. The molecule has 0 radical (unpaired) electrons. The van der Waals surface area contributed by atoms with E-state index in [1.165, 1.54) is 16.7 Å². The first kappa shape index (κ1) is 14.2. The summed E-state index contributed by atoms with van der Waals surface area (Å²) in [4.78, 5) is 38.0. The molecule has 3 aliphatic heterocycles. The normalized spacial score (nSPS) is 30.9. The summed E-state index contributed by atoms with van der Waals surface area (Å²) in [6.07, 6.45) is 2.21. The fourth-order valence-electron chi connectivity index (χ4n) is 2.74. The van der Waals surface area contributed by atoms with Crippen molar-refractivity contribution in [1.82, 2.24) is 9.80 Å². The zero-order valence-electron chi connectivity index (χ0n) is 11.4. The maximum absolute atomic E-state index is 11.9. The zero-order chi connectivity index (χ0) is 15.3. The Kier molecular flexibility index (Phi) is 3.29. The van der Waals surface area contributed by atoms with Crippen LogP contribution in [0.3, 0.4) is 0 Å². The topological polar surface area (TPSA) is 104 Å². The van der Waals surface area contributed by atoms with Crippen molar-refractivity contribution in [3.05, 3.63) is 22.9 Å². The van der Waals surface area contributed by atoms with Gasteiger partial charge in [0.1, 0.15) is 17.1 Å². The summed E-state index contributed by atoms with van der Waals surface area (Å²) in [5.41, 5.74) is 6.73. The minimum atomic E-state index is -1.16. The summed E-state index contributed by atoms with van der Waals surface area (Å²) in [7, 11) is 1.71. The largest absolute Gasteiger partial charge is 0.477 e. The van der Waals surface area contributed by atoms with Crippen LogP contribution in [0.4, 0.5) is 0 Å². The summed E-state index contributed by atoms with van der Waals surface area (Å²) < 4.78 is 0. The number of hydrogen-bond acceptors (Lipinski definition) is 5. The van der Waals surface area contributed by atoms with E-state index in [4.69, 9.17) is 5.73 Å². The van der Waals surface area contributed by atoms with Crippen molar-refractivity contribution < 1.29 is 19.5 Å². The van der Waals surface area contributed by atoms with E-state index in [0.717, 1.165) is 0 Å². The number of carboxylic acid groups (broad SMARTS) is 1. The van der Waals surface area contributed by atoms with Crippen molar-refractivity contribution in [1.29, 1.82) is 0 Å². The predicted octanol–water partition coefficient (Wildman–Crippen LogP) is -0.644. The number of aliphatic carboxylic acids is 1. The molecular formula is C13H15N3O4S. The molecule has 0 unspecified atom stereocenters. The van der Waals surface area contributed by atoms with Crippen molar-refractivity contribution in [2.45, 2.75) is 17.8 Å². The van der Waals surface area contributed by atoms with E-state index in [1.807, 2.05) is 0 Å². The third kappa shape index (κ3) is 2.06. The Bertz CT molecular complexity index is 613. The fourth-order valence-corrected chi connectivity index (χ4v) is 3.99. The third-order valence-corrected chi connectivity index (χ3v) is 5.25. The van der Waals surface area contributed by atoms with Gasteiger partial charge in [-0.1, -0.05) is 0 Å². The van der Waals surface area contributed by atoms with Gasteiger partial charge in [-0.25, -0.2) is 4.79 Å². The molecular weight excluding hydrogens is 294 g/mol. The van der Waals surface area contributed by atoms with E-state index in [2.05, 4.69) is 0 Å². The molecule has 2 amide bonds. The quantitative estimate of drug-likeness (QED) is 0.519. The van der Waals surface area contributed by atoms with Crippen LogP contribution in [0.2, 0.25) is 0 Å². The number of β-lactam (4-membered cyclic amide) rings is 1. The molecule has 0 bridgehead atoms. The molecule has 3 heterocycles. The molecule has 7 nitrogen and oxygen atoms in total. The number of carboxylic acids is 1. The van der Waals surface area contributed by atoms with Crippen LogP contribution in [0.5, 0.6) is 0 Å². The van der Waals surface area contributed by atoms with E-state index in [1.54, 1.807) is 18.0 Å². The zero-order valence-corrected chi connectivity index (χ0v) is 12.2. The molecule has 0 aromatic heterocycles. The van der Waals surface area contributed by atoms with Crippen molar-refractivity contribution >= 4 is 29.5 Å². The maximum atomic E-state index is 11.9. The molecule has 0 aromatic carbocycles. The van der Waals surface area contributed by atoms with E-state index in [-0.39, 0.29) is 22.9 Å². The molecule has 2 saturated heterocycles. The van der Waals surface area contributed by atoms with E-state index >= 15 is 0 Å². The SMILES string of the molecule is CN1CCC(=CC2=C(C(=O)O)N3C(=O)[C@@H](N)[C@H]3SC2)C1=O. The highest BCUT2D eigenvalue weighted by Gasteiger charge is 2.51. The molecule has 0 spiro atoms. The van der Waals surface area contributed by atoms with Crippen LogP contribution in [-0.4, -0.2) is 63.5 Å². The van der Waals surface area contributed by atoms with Crippen LogP contribution < -0.4 is 5.73 Å². The highest BCUT2D eigenvalue weighted by molar-refractivity contribution is 8.00. The second-order valence-corrected chi connectivity index (χ2v) is 6.37. The fraction of sp³-hybridized carbons (Fsp3) is 0.462. The van der Waals surface area contributed by atoms with E-state index < -0.39 is 12.0 Å². The Hall–Kier alpha value is -1.80. The Morgan fingerprint density at radius 2 is 2.19 bits per heavy atom. The van der Waals surface area contributed by atoms with Gasteiger partial charge in [0.05, 0.1) is 0 Å². The van der Waals surface area contributed by atoms with Crippen molar-refractivity contribution in [2.75, 3.05) is 19.3 Å². The average molecular weight is 309 g/mol. The van der Waals surface area contributed by atoms with Gasteiger partial charge in [0, 0.05) is 24.9 Å². The molecule has 2 fully saturated rings. The van der Waals surface area contributed by atoms with Crippen LogP contribution in [0.1, 0.15) is 6.42 Å². The van der Waals surface area contributed by atoms with Gasteiger partial charge in [0.25, 0.3) is 0 Å². The van der Waals surface area contributed by atoms with Crippen LogP contribution in [0.25, 0.3) is 0 Å². The molecule has 8 heteroatoms. The van der Waals surface area contributed by atoms with Crippen molar-refractivity contribution in [2.24, 2.45) is 5.73 Å². The first-order valence-electron chi connectivity index (χ1n) is 6.54. The number of hydrogen-bond donors (Lipinski definition) is 2. The molecule has 3 N–H and O–H groups in total. The van der Waals surface area contributed by atoms with Gasteiger partial charge in [-0.15, -0.1) is 11.8 Å². The number of nitrogens with zero attached hydrogens (tertiary/aromatic N) is 2. The molecule has 0 aliphatic carbocycles. The lowest BCUT2D eigenvalue weighted by Gasteiger charge is -2.47. The first-order valence-corrected chi connectivity index (χ1v) is 7.59. The minimum absolute atomic E-state index is 0.0414. The van der Waals surface area contributed by atoms with Gasteiger partial charge in [-0.3, -0.25) is 14.5 Å². The van der Waals surface area contributed by atoms with Gasteiger partial charge < -0.3 is 15.7 Å². The first-order chi connectivity index (χ1) is 9.91. The standard InChI is InChI=1S/C13H15N3O4S/c1-15-3-2-6(10(15)17)4-7-5-21-12-8(14)11(18)16(12)9(7)13(19)20/h4,8,12H,2-3,5,14H2,1H3,(H,19,20)/t8-,12-/m1/s1. The Balaban J connectivity index is 1.99. The number of allylic oxidation sites excluding steroid dienone is 1. The van der Waals surface area contributed by atoms with Crippen LogP contribution in [0, 0.1) is 0 Å². The summed E-state index contributed by atoms with van der Waals surface area (Å²) >= 11 is 1.43. The van der Waals surface area contributed by atoms with E-state index in [9.17, 15) is 19.5 Å². The van der Waals surface area contributed by atoms with Gasteiger partial charge in [-0.05, 0) is 18.1 Å². The lowest BCUT2D eigenvalue weighted by atomic mass is 10.0. The molecule has 3 rings (SSSR count). The second kappa shape index (κ2) is 4.88. The highest BCUT2D eigenvalue weighted by Crippen LogP contribution is 2.40. The lowest BCUT2D eigenvalue weighted by Crippen LogP contribution is -2.68. The van der Waals surface area contributed by atoms with Crippen molar-refractivity contribution in [3.8, 4) is 0 Å². The number of rotatable bonds is 2. The molecule has 2 atom stereocenters. The minimum Gasteiger partial charge on any atom is -0.477 e. The van der Waals surface area contributed by atoms with Crippen LogP contribution >= 0.6 is 11.8 Å². The van der Waals surface area contributed by atoms with Gasteiger partial charge in [0.15, 0.2) is 0 Å². The monoisotopic (exact) mass is 309 g/mol. The number of likely N-dealkylation sites (tertiary alicyclic amines) is 1. The van der Waals surface area contributed by atoms with E-state index in [0.29, 0.717) is 29.9 Å². The highest BCUT2D eigenvalue weighted by atomic mass is 32.2. The maximum Gasteiger partial charge on any atom is 0.352 e. The van der Waals surface area contributed by atoms with Crippen molar-refractivity contribution in [3.63, 3.8) is 0 Å². The molecule has 112 valence electrons. The third-order valence-electron chi connectivity index (χ3n) is 3.93. The lowest BCUT2D eigenvalue weighted by molar-refractivity contribution is -0.147. The molecule has 0 saturated carbocycles.